The average molecular weight is 1070 g/mol. The molecular formula is C68H120O8. The molecule has 76 heavy (non-hydrogen) atoms. The summed E-state index contributed by atoms with van der Waals surface area (Å²) in [4.78, 5) is 0. The van der Waals surface area contributed by atoms with Gasteiger partial charge >= 0.3 is 0 Å². The Hall–Kier alpha value is -4.08. The molecule has 4 rings (SSSR count). The molecule has 2 unspecified atom stereocenters. The van der Waals surface area contributed by atoms with E-state index in [0.717, 1.165) is 103 Å². The number of benzene rings is 4. The van der Waals surface area contributed by atoms with E-state index in [9.17, 15) is 0 Å². The van der Waals surface area contributed by atoms with E-state index < -0.39 is 0 Å². The fourth-order valence-electron chi connectivity index (χ4n) is 7.28. The highest BCUT2D eigenvalue weighted by Gasteiger charge is 2.23. The largest absolute Gasteiger partial charge is 0.488 e. The van der Waals surface area contributed by atoms with Crippen LogP contribution in [0.3, 0.4) is 0 Å². The number of rotatable bonds is 22. The maximum atomic E-state index is 7.00. The van der Waals surface area contributed by atoms with Crippen LogP contribution >= 0.6 is 0 Å². The van der Waals surface area contributed by atoms with Crippen LogP contribution in [-0.4, -0.2) is 71.3 Å². The van der Waals surface area contributed by atoms with Crippen molar-refractivity contribution in [2.24, 2.45) is 0 Å². The summed E-state index contributed by atoms with van der Waals surface area (Å²) in [5.41, 5.74) is 5.75. The van der Waals surface area contributed by atoms with Gasteiger partial charge in [-0.2, -0.15) is 0 Å². The van der Waals surface area contributed by atoms with Crippen molar-refractivity contribution in [3.63, 3.8) is 0 Å². The van der Waals surface area contributed by atoms with Crippen molar-refractivity contribution in [3.05, 3.63) is 119 Å². The first-order valence-electron chi connectivity index (χ1n) is 28.5. The molecule has 440 valence electrons. The maximum Gasteiger partial charge on any atom is 0.120 e. The second-order valence-electron chi connectivity index (χ2n) is 22.9. The lowest BCUT2D eigenvalue weighted by molar-refractivity contribution is 0.0981. The van der Waals surface area contributed by atoms with Crippen LogP contribution in [0.1, 0.15) is 251 Å². The van der Waals surface area contributed by atoms with Crippen molar-refractivity contribution in [2.45, 2.75) is 262 Å². The zero-order chi connectivity index (χ0) is 60.0. The summed E-state index contributed by atoms with van der Waals surface area (Å²) in [5, 5.41) is 28.0. The van der Waals surface area contributed by atoms with E-state index in [4.69, 9.17) is 39.4 Å². The first-order valence-corrected chi connectivity index (χ1v) is 28.5. The molecule has 4 N–H and O–H groups in total. The minimum atomic E-state index is -0.0816. The number of aliphatic hydroxyl groups excluding tert-OH is 4. The normalized spacial score (nSPS) is 12.0. The van der Waals surface area contributed by atoms with E-state index in [2.05, 4.69) is 249 Å². The summed E-state index contributed by atoms with van der Waals surface area (Å²) in [6.45, 7) is 48.3. The van der Waals surface area contributed by atoms with Gasteiger partial charge < -0.3 is 39.4 Å². The summed E-state index contributed by atoms with van der Waals surface area (Å²) < 4.78 is 23.9. The van der Waals surface area contributed by atoms with Crippen molar-refractivity contribution in [3.8, 4) is 23.0 Å². The van der Waals surface area contributed by atoms with E-state index in [1.807, 2.05) is 0 Å². The van der Waals surface area contributed by atoms with Gasteiger partial charge in [0.05, 0.1) is 0 Å². The third-order valence-electron chi connectivity index (χ3n) is 14.1. The fraction of sp³-hybridized carbons (Fsp3) is 0.647. The molecule has 0 heterocycles. The van der Waals surface area contributed by atoms with E-state index >= 15 is 0 Å². The van der Waals surface area contributed by atoms with Crippen LogP contribution in [0.4, 0.5) is 0 Å². The molecule has 0 aliphatic rings. The fourth-order valence-corrected chi connectivity index (χ4v) is 7.28. The summed E-state index contributed by atoms with van der Waals surface area (Å²) in [6, 6.07) is 34.2. The second kappa shape index (κ2) is 41.0. The first kappa shape index (κ1) is 78.4. The molecule has 0 saturated heterocycles. The molecule has 8 nitrogen and oxygen atoms in total. The smallest absolute Gasteiger partial charge is 0.120 e. The van der Waals surface area contributed by atoms with Gasteiger partial charge in [-0.3, -0.25) is 0 Å². The number of aliphatic hydroxyl groups is 4. The molecule has 0 fully saturated rings. The van der Waals surface area contributed by atoms with Crippen molar-refractivity contribution < 1.29 is 39.4 Å². The first-order chi connectivity index (χ1) is 35.6. The number of hydrogen-bond acceptors (Lipinski definition) is 8. The van der Waals surface area contributed by atoms with Gasteiger partial charge in [0.1, 0.15) is 45.4 Å². The lowest BCUT2D eigenvalue weighted by atomic mass is 9.82. The summed E-state index contributed by atoms with van der Waals surface area (Å²) in [6.07, 6.45) is 11.1. The predicted molar refractivity (Wildman–Crippen MR) is 332 cm³/mol. The molecule has 0 saturated carbocycles. The van der Waals surface area contributed by atoms with Gasteiger partial charge in [0, 0.05) is 28.4 Å². The second-order valence-corrected chi connectivity index (χ2v) is 22.9. The Bertz CT molecular complexity index is 1930. The third-order valence-corrected chi connectivity index (χ3v) is 14.1. The Morgan fingerprint density at radius 3 is 0.711 bits per heavy atom. The van der Waals surface area contributed by atoms with Crippen LogP contribution in [0.25, 0.3) is 0 Å². The van der Waals surface area contributed by atoms with Crippen molar-refractivity contribution in [1.29, 1.82) is 0 Å². The maximum absolute atomic E-state index is 7.00. The molecule has 0 radical (unpaired) electrons. The average Bonchev–Trinajstić information content (AvgIpc) is 3.41. The third kappa shape index (κ3) is 33.3. The quantitative estimate of drug-likeness (QED) is 0.0615. The van der Waals surface area contributed by atoms with E-state index in [1.54, 1.807) is 0 Å². The summed E-state index contributed by atoms with van der Waals surface area (Å²) >= 11 is 0. The topological polar surface area (TPSA) is 118 Å². The molecule has 0 aliphatic heterocycles. The van der Waals surface area contributed by atoms with Crippen molar-refractivity contribution in [1.82, 2.24) is 0 Å². The van der Waals surface area contributed by atoms with Gasteiger partial charge in [-0.05, 0) is 200 Å². The van der Waals surface area contributed by atoms with E-state index in [1.165, 1.54) is 35.1 Å². The van der Waals surface area contributed by atoms with Crippen LogP contribution in [0.15, 0.2) is 97.1 Å². The van der Waals surface area contributed by atoms with Gasteiger partial charge in [-0.25, -0.2) is 0 Å². The molecular weight excluding hydrogens is 945 g/mol. The highest BCUT2D eigenvalue weighted by molar-refractivity contribution is 5.34. The Balaban J connectivity index is -0.000000435. The Morgan fingerprint density at radius 1 is 0.316 bits per heavy atom. The SMILES string of the molecule is CCC(C)(C)Oc1ccc(C(C)(C)CC)cc1.CCC(C)c1ccc(OC(C)(C)CC)cc1.CCCC(C)(C)Oc1ccc(C(C)(C)CC)cc1.CCCC(C)(C)Oc1ccc(C(C)CC)cc1.CO.CO.CO.CO. The minimum absolute atomic E-state index is 0.0629. The standard InChI is InChI=1S/C17H28O.2C16H26O.C15H24O.4CH4O/c1-7-13-17(5,6)18-15-11-9-14(10-12-15)16(3,4)8-2;1-7-15(3,4)13-9-11-14(12-10-13)17-16(5,6)8-2;1-6-12-16(4,5)17-15-10-8-14(9-11-15)13(3)7-2;1-6-12(3)13-8-10-14(11-9-13)16-15(4,5)7-2;4*1-2/h9-12H,7-8,13H2,1-6H3;9-12H,7-8H2,1-6H3;8-11,13H,6-7,12H2,1-5H3;8-12H,6-7H2,1-5H3;4*2H,1H3. The molecule has 0 aromatic heterocycles. The lowest BCUT2D eigenvalue weighted by Gasteiger charge is -2.27. The van der Waals surface area contributed by atoms with E-state index in [0.29, 0.717) is 11.8 Å². The summed E-state index contributed by atoms with van der Waals surface area (Å²) in [7, 11) is 4.00. The molecule has 0 aliphatic carbocycles. The van der Waals surface area contributed by atoms with Gasteiger partial charge in [0.2, 0.25) is 0 Å². The van der Waals surface area contributed by atoms with Crippen molar-refractivity contribution in [2.75, 3.05) is 28.4 Å². The van der Waals surface area contributed by atoms with Gasteiger partial charge in [-0.15, -0.1) is 0 Å². The van der Waals surface area contributed by atoms with Crippen LogP contribution < -0.4 is 18.9 Å². The highest BCUT2D eigenvalue weighted by atomic mass is 16.5. The van der Waals surface area contributed by atoms with Gasteiger partial charge in [-0.1, -0.05) is 158 Å². The molecule has 4 aromatic rings. The number of hydrogen-bond donors (Lipinski definition) is 4. The molecule has 8 heteroatoms. The molecule has 0 spiro atoms. The minimum Gasteiger partial charge on any atom is -0.488 e. The van der Waals surface area contributed by atoms with Gasteiger partial charge in [0.15, 0.2) is 0 Å². The molecule has 2 atom stereocenters. The summed E-state index contributed by atoms with van der Waals surface area (Å²) in [5.74, 6) is 5.16. The highest BCUT2D eigenvalue weighted by Crippen LogP contribution is 2.32. The molecule has 0 bridgehead atoms. The zero-order valence-electron chi connectivity index (χ0n) is 53.9. The van der Waals surface area contributed by atoms with Gasteiger partial charge in [0.25, 0.3) is 0 Å². The van der Waals surface area contributed by atoms with Crippen LogP contribution in [0, 0.1) is 0 Å². The monoisotopic (exact) mass is 1060 g/mol. The van der Waals surface area contributed by atoms with Crippen LogP contribution in [0.2, 0.25) is 0 Å². The number of ether oxygens (including phenoxy) is 4. The van der Waals surface area contributed by atoms with Crippen LogP contribution in [-0.2, 0) is 10.8 Å². The van der Waals surface area contributed by atoms with E-state index in [-0.39, 0.29) is 33.2 Å². The molecule has 0 amide bonds. The Labute approximate surface area is 469 Å². The predicted octanol–water partition coefficient (Wildman–Crippen LogP) is 18.6. The Kier molecular flexibility index (Phi) is 42.3. The van der Waals surface area contributed by atoms with Crippen LogP contribution in [0.5, 0.6) is 23.0 Å². The molecule has 4 aromatic carbocycles. The lowest BCUT2D eigenvalue weighted by Crippen LogP contribution is -2.27. The van der Waals surface area contributed by atoms with Crippen molar-refractivity contribution >= 4 is 0 Å². The zero-order valence-corrected chi connectivity index (χ0v) is 53.9. The Morgan fingerprint density at radius 2 is 0.526 bits per heavy atom.